The van der Waals surface area contributed by atoms with Gasteiger partial charge in [-0.05, 0) is 38.4 Å². The Kier molecular flexibility index (Phi) is 3.53. The minimum atomic E-state index is -0.559. The van der Waals surface area contributed by atoms with Crippen molar-refractivity contribution in [1.82, 2.24) is 15.5 Å². The quantitative estimate of drug-likeness (QED) is 0.692. The van der Waals surface area contributed by atoms with Gasteiger partial charge in [0.15, 0.2) is 5.69 Å². The maximum Gasteiger partial charge on any atom is 0.269 e. The summed E-state index contributed by atoms with van der Waals surface area (Å²) in [6.45, 7) is 3.20. The van der Waals surface area contributed by atoms with Gasteiger partial charge in [-0.1, -0.05) is 0 Å². The zero-order valence-corrected chi connectivity index (χ0v) is 9.81. The number of anilines is 1. The molecule has 1 aromatic rings. The van der Waals surface area contributed by atoms with Gasteiger partial charge in [0.25, 0.3) is 5.91 Å². The molecule has 1 fully saturated rings. The van der Waals surface area contributed by atoms with Crippen molar-refractivity contribution in [2.45, 2.75) is 31.8 Å². The second-order valence-corrected chi connectivity index (χ2v) is 4.30. The fourth-order valence-corrected chi connectivity index (χ4v) is 1.97. The molecule has 1 aromatic heterocycles. The van der Waals surface area contributed by atoms with Gasteiger partial charge in [0.05, 0.1) is 0 Å². The Morgan fingerprint density at radius 1 is 1.53 bits per heavy atom. The van der Waals surface area contributed by atoms with E-state index in [-0.39, 0.29) is 5.69 Å². The van der Waals surface area contributed by atoms with E-state index in [1.807, 2.05) is 0 Å². The van der Waals surface area contributed by atoms with Crippen LogP contribution < -0.4 is 16.4 Å². The molecule has 0 aliphatic carbocycles. The summed E-state index contributed by atoms with van der Waals surface area (Å²) in [5, 5.41) is 14.4. The summed E-state index contributed by atoms with van der Waals surface area (Å²) in [5.74, 6) is 0.118. The summed E-state index contributed by atoms with van der Waals surface area (Å²) in [7, 11) is 0. The normalized spacial score (nSPS) is 24.3. The molecule has 2 atom stereocenters. The number of aromatic nitrogens is 2. The van der Waals surface area contributed by atoms with Gasteiger partial charge in [-0.2, -0.15) is 0 Å². The largest absolute Gasteiger partial charge is 0.364 e. The van der Waals surface area contributed by atoms with Crippen LogP contribution in [0.3, 0.4) is 0 Å². The van der Waals surface area contributed by atoms with Gasteiger partial charge in [0, 0.05) is 12.1 Å². The molecular weight excluding hydrogens is 218 g/mol. The Labute approximate surface area is 100.0 Å². The maximum absolute atomic E-state index is 10.8. The van der Waals surface area contributed by atoms with Crippen molar-refractivity contribution in [1.29, 1.82) is 0 Å². The van der Waals surface area contributed by atoms with Crippen molar-refractivity contribution < 1.29 is 4.79 Å². The third-order valence-electron chi connectivity index (χ3n) is 3.01. The molecule has 17 heavy (non-hydrogen) atoms. The highest BCUT2D eigenvalue weighted by Gasteiger charge is 2.20. The topological polar surface area (TPSA) is 92.9 Å². The number of nitrogens with zero attached hydrogens (tertiary/aromatic N) is 2. The van der Waals surface area contributed by atoms with E-state index in [0.29, 0.717) is 17.9 Å². The highest BCUT2D eigenvalue weighted by Crippen LogP contribution is 2.13. The van der Waals surface area contributed by atoms with Gasteiger partial charge < -0.3 is 16.4 Å². The number of carbonyl (C=O) groups is 1. The monoisotopic (exact) mass is 235 g/mol. The van der Waals surface area contributed by atoms with Gasteiger partial charge in [-0.15, -0.1) is 10.2 Å². The number of hydrogen-bond donors (Lipinski definition) is 3. The highest BCUT2D eigenvalue weighted by atomic mass is 16.1. The second-order valence-electron chi connectivity index (χ2n) is 4.30. The lowest BCUT2D eigenvalue weighted by molar-refractivity contribution is 0.0994. The van der Waals surface area contributed by atoms with Gasteiger partial charge >= 0.3 is 0 Å². The summed E-state index contributed by atoms with van der Waals surface area (Å²) in [6, 6.07) is 4.06. The summed E-state index contributed by atoms with van der Waals surface area (Å²) in [4.78, 5) is 10.8. The first-order valence-electron chi connectivity index (χ1n) is 5.80. The Morgan fingerprint density at radius 3 is 2.94 bits per heavy atom. The molecule has 0 bridgehead atoms. The van der Waals surface area contributed by atoms with Gasteiger partial charge in [0.2, 0.25) is 0 Å². The molecular formula is C11H17N5O. The highest BCUT2D eigenvalue weighted by molar-refractivity contribution is 5.90. The molecule has 1 amide bonds. The number of primary amides is 1. The van der Waals surface area contributed by atoms with Gasteiger partial charge in [0.1, 0.15) is 5.82 Å². The van der Waals surface area contributed by atoms with Crippen LogP contribution in [0.2, 0.25) is 0 Å². The predicted octanol–water partition coefficient (Wildman–Crippen LogP) is 0.128. The summed E-state index contributed by atoms with van der Waals surface area (Å²) in [5.41, 5.74) is 5.28. The fraction of sp³-hybridized carbons (Fsp3) is 0.545. The number of amides is 1. The second kappa shape index (κ2) is 5.09. The van der Waals surface area contributed by atoms with Crippen molar-refractivity contribution >= 4 is 11.7 Å². The van der Waals surface area contributed by atoms with Crippen LogP contribution in [0.25, 0.3) is 0 Å². The van der Waals surface area contributed by atoms with E-state index in [9.17, 15) is 4.79 Å². The van der Waals surface area contributed by atoms with Crippen LogP contribution in [-0.2, 0) is 0 Å². The molecule has 2 heterocycles. The number of nitrogens with two attached hydrogens (primary N) is 1. The van der Waals surface area contributed by atoms with Crippen molar-refractivity contribution in [2.75, 3.05) is 11.9 Å². The molecule has 1 aliphatic rings. The Bertz CT molecular complexity index is 391. The molecule has 4 N–H and O–H groups in total. The summed E-state index contributed by atoms with van der Waals surface area (Å²) < 4.78 is 0. The van der Waals surface area contributed by atoms with E-state index in [1.54, 1.807) is 12.1 Å². The van der Waals surface area contributed by atoms with Crippen molar-refractivity contribution in [2.24, 2.45) is 5.73 Å². The molecule has 1 aliphatic heterocycles. The van der Waals surface area contributed by atoms with Crippen molar-refractivity contribution in [3.63, 3.8) is 0 Å². The average molecular weight is 235 g/mol. The maximum atomic E-state index is 10.8. The zero-order valence-electron chi connectivity index (χ0n) is 9.81. The van der Waals surface area contributed by atoms with Crippen LogP contribution in [0.1, 0.15) is 30.3 Å². The van der Waals surface area contributed by atoms with E-state index in [1.165, 1.54) is 0 Å². The predicted molar refractivity (Wildman–Crippen MR) is 64.7 cm³/mol. The lowest BCUT2D eigenvalue weighted by Crippen LogP contribution is -2.46. The Hall–Kier alpha value is -1.69. The van der Waals surface area contributed by atoms with Gasteiger partial charge in [-0.25, -0.2) is 0 Å². The third-order valence-corrected chi connectivity index (χ3v) is 3.01. The molecule has 92 valence electrons. The van der Waals surface area contributed by atoms with E-state index in [0.717, 1.165) is 19.4 Å². The third kappa shape index (κ3) is 2.91. The van der Waals surface area contributed by atoms with Crippen LogP contribution in [0.5, 0.6) is 0 Å². The molecule has 0 spiro atoms. The molecule has 2 rings (SSSR count). The Balaban J connectivity index is 2.00. The standard InChI is InChI=1S/C11H17N5O/c1-7-8(3-2-6-13-7)14-10-5-4-9(11(12)17)15-16-10/h4-5,7-8,13H,2-3,6H2,1H3,(H2,12,17)(H,14,16). The average Bonchev–Trinajstić information content (AvgIpc) is 2.33. The van der Waals surface area contributed by atoms with Crippen molar-refractivity contribution in [3.8, 4) is 0 Å². The van der Waals surface area contributed by atoms with E-state index in [4.69, 9.17) is 5.73 Å². The van der Waals surface area contributed by atoms with E-state index in [2.05, 4.69) is 27.8 Å². The molecule has 0 radical (unpaired) electrons. The lowest BCUT2D eigenvalue weighted by Gasteiger charge is -2.30. The fourth-order valence-electron chi connectivity index (χ4n) is 1.97. The van der Waals surface area contributed by atoms with Crippen LogP contribution in [-0.4, -0.2) is 34.7 Å². The summed E-state index contributed by atoms with van der Waals surface area (Å²) in [6.07, 6.45) is 2.25. The number of rotatable bonds is 3. The van der Waals surface area contributed by atoms with E-state index < -0.39 is 5.91 Å². The van der Waals surface area contributed by atoms with Crippen molar-refractivity contribution in [3.05, 3.63) is 17.8 Å². The van der Waals surface area contributed by atoms with Gasteiger partial charge in [-0.3, -0.25) is 4.79 Å². The van der Waals surface area contributed by atoms with Crippen LogP contribution in [0.15, 0.2) is 12.1 Å². The minimum absolute atomic E-state index is 0.186. The molecule has 2 unspecified atom stereocenters. The van der Waals surface area contributed by atoms with E-state index >= 15 is 0 Å². The Morgan fingerprint density at radius 2 is 2.35 bits per heavy atom. The first-order chi connectivity index (χ1) is 8.16. The molecule has 1 saturated heterocycles. The minimum Gasteiger partial charge on any atom is -0.364 e. The van der Waals surface area contributed by atoms with Crippen LogP contribution in [0, 0.1) is 0 Å². The number of carbonyl (C=O) groups excluding carboxylic acids is 1. The molecule has 6 heteroatoms. The summed E-state index contributed by atoms with van der Waals surface area (Å²) >= 11 is 0. The smallest absolute Gasteiger partial charge is 0.269 e. The molecule has 6 nitrogen and oxygen atoms in total. The number of piperidine rings is 1. The lowest BCUT2D eigenvalue weighted by atomic mass is 10.00. The number of hydrogen-bond acceptors (Lipinski definition) is 5. The molecule has 0 aromatic carbocycles. The number of nitrogens with one attached hydrogen (secondary N) is 2. The first-order valence-corrected chi connectivity index (χ1v) is 5.80. The van der Waals surface area contributed by atoms with Crippen LogP contribution >= 0.6 is 0 Å². The zero-order chi connectivity index (χ0) is 12.3. The molecule has 0 saturated carbocycles. The first kappa shape index (κ1) is 11.8. The SMILES string of the molecule is CC1NCCCC1Nc1ccc(C(N)=O)nn1. The van der Waals surface area contributed by atoms with Crippen LogP contribution in [0.4, 0.5) is 5.82 Å².